The van der Waals surface area contributed by atoms with E-state index in [1.54, 1.807) is 0 Å². The number of hydrogen-bond donors (Lipinski definition) is 0. The Hall–Kier alpha value is 0.991. The van der Waals surface area contributed by atoms with Crippen molar-refractivity contribution in [1.29, 1.82) is 0 Å². The van der Waals surface area contributed by atoms with Crippen molar-refractivity contribution in [2.45, 2.75) is 19.8 Å². The van der Waals surface area contributed by atoms with E-state index in [0.717, 1.165) is 5.92 Å². The molecule has 0 atom stereocenters. The van der Waals surface area contributed by atoms with E-state index in [2.05, 4.69) is 6.92 Å². The van der Waals surface area contributed by atoms with Gasteiger partial charge in [-0.15, -0.1) is 0 Å². The minimum absolute atomic E-state index is 0. The van der Waals surface area contributed by atoms with Gasteiger partial charge in [0.05, 0.1) is 0 Å². The van der Waals surface area contributed by atoms with Gasteiger partial charge in [-0.05, 0) is 5.92 Å². The Morgan fingerprint density at radius 2 is 0.600 bits per heavy atom. The van der Waals surface area contributed by atoms with Crippen LogP contribution in [-0.2, 0) is 0 Å². The van der Waals surface area contributed by atoms with E-state index < -0.39 is 21.8 Å². The van der Waals surface area contributed by atoms with Gasteiger partial charge in [0.15, 0.2) is 0 Å². The van der Waals surface area contributed by atoms with Crippen molar-refractivity contribution in [2.24, 2.45) is 5.92 Å². The fourth-order valence-corrected chi connectivity index (χ4v) is 0.167. The van der Waals surface area contributed by atoms with Crippen LogP contribution in [0.4, 0.5) is 51.8 Å². The third-order valence-corrected chi connectivity index (χ3v) is 0.866. The third-order valence-electron chi connectivity index (χ3n) is 0.866. The van der Waals surface area contributed by atoms with Gasteiger partial charge in [-0.3, -0.25) is 0 Å². The average Bonchev–Trinajstić information content (AvgIpc) is 2.57. The molecular formula is C4H9B3F12K-3. The summed E-state index contributed by atoms with van der Waals surface area (Å²) >= 11 is 0. The van der Waals surface area contributed by atoms with E-state index in [0.29, 0.717) is 0 Å². The molecule has 0 aromatic heterocycles. The molecule has 122 valence electrons. The van der Waals surface area contributed by atoms with Crippen LogP contribution in [-0.4, -0.2) is 73.1 Å². The van der Waals surface area contributed by atoms with Gasteiger partial charge >= 0.3 is 73.1 Å². The van der Waals surface area contributed by atoms with Gasteiger partial charge in [0.25, 0.3) is 0 Å². The van der Waals surface area contributed by atoms with Crippen LogP contribution in [0, 0.1) is 5.92 Å². The zero-order valence-corrected chi connectivity index (χ0v) is 9.26. The molecular weight excluding hydrogens is 348 g/mol. The number of hydrogen-bond acceptors (Lipinski definition) is 0. The molecule has 1 aliphatic carbocycles. The van der Waals surface area contributed by atoms with Gasteiger partial charge in [0.2, 0.25) is 0 Å². The minimum atomic E-state index is -6.00. The Morgan fingerprint density at radius 3 is 0.600 bits per heavy atom. The molecule has 0 bridgehead atoms. The van der Waals surface area contributed by atoms with Gasteiger partial charge in [-0.2, -0.15) is 0 Å². The first-order chi connectivity index (χ1) is 7.89. The molecule has 1 aliphatic rings. The van der Waals surface area contributed by atoms with Crippen molar-refractivity contribution in [3.05, 3.63) is 0 Å². The zero-order valence-electron chi connectivity index (χ0n) is 9.26. The molecule has 16 heteroatoms. The van der Waals surface area contributed by atoms with Crippen LogP contribution in [0.3, 0.4) is 0 Å². The first kappa shape index (κ1) is 29.1. The fourth-order valence-electron chi connectivity index (χ4n) is 0.167. The fraction of sp³-hybridized carbons (Fsp3) is 1.00. The van der Waals surface area contributed by atoms with Gasteiger partial charge in [0.1, 0.15) is 0 Å². The Balaban J connectivity index is -0.0000000840. The van der Waals surface area contributed by atoms with Gasteiger partial charge in [0, 0.05) is 0 Å². The summed E-state index contributed by atoms with van der Waals surface area (Å²) in [5.41, 5.74) is 0. The van der Waals surface area contributed by atoms with Crippen molar-refractivity contribution < 1.29 is 51.8 Å². The number of rotatable bonds is 0. The molecule has 0 aromatic carbocycles. The normalized spacial score (nSPS) is 14.2. The van der Waals surface area contributed by atoms with Gasteiger partial charge in [-0.25, -0.2) is 0 Å². The summed E-state index contributed by atoms with van der Waals surface area (Å²) in [6, 6.07) is 0. The van der Waals surface area contributed by atoms with E-state index >= 15 is 0 Å². The molecule has 0 N–H and O–H groups in total. The number of halogens is 12. The Kier molecular flexibility index (Phi) is 18.2. The molecule has 1 fully saturated rings. The second-order valence-electron chi connectivity index (χ2n) is 3.17. The maximum absolute atomic E-state index is 9.75. The monoisotopic (exact) mass is 357 g/mol. The summed E-state index contributed by atoms with van der Waals surface area (Å²) in [7, 11) is -18.0. The van der Waals surface area contributed by atoms with Crippen LogP contribution in [0.5, 0.6) is 0 Å². The summed E-state index contributed by atoms with van der Waals surface area (Å²) in [6.45, 7) is 2.28. The predicted molar refractivity (Wildman–Crippen MR) is 56.1 cm³/mol. The van der Waals surface area contributed by atoms with E-state index in [1.807, 2.05) is 0 Å². The topological polar surface area (TPSA) is 0 Å². The average molecular weight is 357 g/mol. The van der Waals surface area contributed by atoms with Crippen LogP contribution < -0.4 is 0 Å². The molecule has 0 unspecified atom stereocenters. The molecule has 0 heterocycles. The second kappa shape index (κ2) is 12.5. The van der Waals surface area contributed by atoms with Crippen LogP contribution in [0.1, 0.15) is 19.8 Å². The van der Waals surface area contributed by atoms with Crippen LogP contribution in [0.2, 0.25) is 0 Å². The molecule has 0 amide bonds. The van der Waals surface area contributed by atoms with Crippen molar-refractivity contribution in [1.82, 2.24) is 0 Å². The summed E-state index contributed by atoms with van der Waals surface area (Å²) in [4.78, 5) is 0. The van der Waals surface area contributed by atoms with Crippen LogP contribution in [0.15, 0.2) is 0 Å². The molecule has 0 aromatic rings. The molecule has 0 aliphatic heterocycles. The first-order valence-electron chi connectivity index (χ1n) is 4.51. The van der Waals surface area contributed by atoms with Crippen molar-refractivity contribution in [2.75, 3.05) is 0 Å². The van der Waals surface area contributed by atoms with Crippen LogP contribution >= 0.6 is 0 Å². The Labute approximate surface area is 149 Å². The summed E-state index contributed by atoms with van der Waals surface area (Å²) in [5, 5.41) is 0. The molecule has 1 saturated carbocycles. The van der Waals surface area contributed by atoms with E-state index in [-0.39, 0.29) is 51.4 Å². The Bertz CT molecular complexity index is 160. The van der Waals surface area contributed by atoms with E-state index in [1.165, 1.54) is 12.8 Å². The van der Waals surface area contributed by atoms with E-state index in [4.69, 9.17) is 0 Å². The SMILES string of the molecule is CC1CC1.F[B-](F)(F)F.F[B-](F)(F)F.F[B-](F)(F)F.[KH]. The van der Waals surface area contributed by atoms with Gasteiger partial charge < -0.3 is 51.8 Å². The molecule has 0 nitrogen and oxygen atoms in total. The van der Waals surface area contributed by atoms with Crippen molar-refractivity contribution >= 4 is 73.1 Å². The third kappa shape index (κ3) is 386. The standard InChI is InChI=1S/C4H8.3BF4.K.H/c1-4-2-3-4;3*2-1(3,4)5;;/h4H,2-3H2,1H3;;;;;/q;3*-1;;. The van der Waals surface area contributed by atoms with Crippen molar-refractivity contribution in [3.63, 3.8) is 0 Å². The summed E-state index contributed by atoms with van der Waals surface area (Å²) in [6.07, 6.45) is 2.97. The van der Waals surface area contributed by atoms with Crippen LogP contribution in [0.25, 0.3) is 0 Å². The second-order valence-corrected chi connectivity index (χ2v) is 3.17. The molecule has 0 saturated heterocycles. The molecule has 0 radical (unpaired) electrons. The predicted octanol–water partition coefficient (Wildman–Crippen LogP) is 4.67. The van der Waals surface area contributed by atoms with Gasteiger partial charge in [-0.1, -0.05) is 19.8 Å². The quantitative estimate of drug-likeness (QED) is 0.437. The Morgan fingerprint density at radius 1 is 0.550 bits per heavy atom. The molecule has 20 heavy (non-hydrogen) atoms. The van der Waals surface area contributed by atoms with E-state index in [9.17, 15) is 51.8 Å². The van der Waals surface area contributed by atoms with Crippen molar-refractivity contribution in [3.8, 4) is 0 Å². The summed E-state index contributed by atoms with van der Waals surface area (Å²) in [5.74, 6) is 1.08. The molecule has 1 rings (SSSR count). The first-order valence-corrected chi connectivity index (χ1v) is 4.51. The summed E-state index contributed by atoms with van der Waals surface area (Å²) < 4.78 is 117. The zero-order chi connectivity index (χ0) is 16.5. The molecule has 0 spiro atoms. The maximum atomic E-state index is 9.75.